The molecule has 3 nitrogen and oxygen atoms in total. The summed E-state index contributed by atoms with van der Waals surface area (Å²) in [6, 6.07) is 0. The summed E-state index contributed by atoms with van der Waals surface area (Å²) in [5, 5.41) is 8.81. The summed E-state index contributed by atoms with van der Waals surface area (Å²) >= 11 is 0. The number of aliphatic hydroxyl groups is 1. The van der Waals surface area contributed by atoms with E-state index in [1.54, 1.807) is 0 Å². The van der Waals surface area contributed by atoms with Crippen LogP contribution in [-0.4, -0.2) is 17.8 Å². The SMILES string of the molecule is NC1=CC2OC(CO)=CC2C=C1. The third-order valence-electron chi connectivity index (χ3n) is 2.07. The van der Waals surface area contributed by atoms with Gasteiger partial charge in [0.2, 0.25) is 0 Å². The summed E-state index contributed by atoms with van der Waals surface area (Å²) in [6.45, 7) is -0.0332. The van der Waals surface area contributed by atoms with E-state index in [0.29, 0.717) is 5.76 Å². The quantitative estimate of drug-likeness (QED) is 0.587. The van der Waals surface area contributed by atoms with Gasteiger partial charge in [-0.3, -0.25) is 0 Å². The van der Waals surface area contributed by atoms with Crippen molar-refractivity contribution < 1.29 is 9.84 Å². The Bertz CT molecular complexity index is 278. The number of nitrogens with two attached hydrogens (primary N) is 1. The van der Waals surface area contributed by atoms with Crippen molar-refractivity contribution >= 4 is 0 Å². The molecule has 0 aromatic heterocycles. The molecule has 1 aliphatic carbocycles. The molecule has 2 unspecified atom stereocenters. The summed E-state index contributed by atoms with van der Waals surface area (Å²) < 4.78 is 5.39. The van der Waals surface area contributed by atoms with Gasteiger partial charge in [-0.25, -0.2) is 0 Å². The summed E-state index contributed by atoms with van der Waals surface area (Å²) in [5.41, 5.74) is 6.31. The molecule has 2 atom stereocenters. The molecule has 1 aliphatic heterocycles. The average Bonchev–Trinajstić information content (AvgIpc) is 2.46. The predicted molar refractivity (Wildman–Crippen MR) is 44.9 cm³/mol. The summed E-state index contributed by atoms with van der Waals surface area (Å²) in [4.78, 5) is 0. The Morgan fingerprint density at radius 3 is 3.08 bits per heavy atom. The van der Waals surface area contributed by atoms with Crippen LogP contribution in [0.3, 0.4) is 0 Å². The molecule has 0 aromatic carbocycles. The van der Waals surface area contributed by atoms with Crippen LogP contribution in [0, 0.1) is 5.92 Å². The molecule has 0 amide bonds. The molecule has 2 rings (SSSR count). The van der Waals surface area contributed by atoms with Gasteiger partial charge in [-0.1, -0.05) is 6.08 Å². The first-order valence-electron chi connectivity index (χ1n) is 3.93. The van der Waals surface area contributed by atoms with Gasteiger partial charge in [-0.15, -0.1) is 0 Å². The maximum absolute atomic E-state index is 8.81. The van der Waals surface area contributed by atoms with Gasteiger partial charge in [0.15, 0.2) is 0 Å². The first kappa shape index (κ1) is 7.43. The first-order chi connectivity index (χ1) is 5.79. The standard InChI is InChI=1S/C9H11NO2/c10-7-2-1-6-3-8(5-11)12-9(6)4-7/h1-4,6,9,11H,5,10H2. The number of ether oxygens (including phenoxy) is 1. The third kappa shape index (κ3) is 1.12. The van der Waals surface area contributed by atoms with Crippen LogP contribution in [0.4, 0.5) is 0 Å². The molecule has 0 fully saturated rings. The number of fused-ring (bicyclic) bond motifs is 1. The van der Waals surface area contributed by atoms with E-state index in [1.165, 1.54) is 0 Å². The molecule has 0 aromatic rings. The highest BCUT2D eigenvalue weighted by atomic mass is 16.5. The Hall–Kier alpha value is -1.22. The summed E-state index contributed by atoms with van der Waals surface area (Å²) in [5.74, 6) is 0.889. The molecule has 0 bridgehead atoms. The van der Waals surface area contributed by atoms with E-state index in [9.17, 15) is 0 Å². The van der Waals surface area contributed by atoms with Crippen molar-refractivity contribution in [3.8, 4) is 0 Å². The molecule has 3 heteroatoms. The van der Waals surface area contributed by atoms with Crippen molar-refractivity contribution in [1.82, 2.24) is 0 Å². The molecular formula is C9H11NO2. The fourth-order valence-corrected chi connectivity index (χ4v) is 1.47. The minimum absolute atomic E-state index is 0.00264. The number of aliphatic hydroxyl groups excluding tert-OH is 1. The van der Waals surface area contributed by atoms with Crippen molar-refractivity contribution in [1.29, 1.82) is 0 Å². The Morgan fingerprint density at radius 2 is 2.33 bits per heavy atom. The molecule has 0 saturated carbocycles. The second-order valence-electron chi connectivity index (χ2n) is 2.98. The topological polar surface area (TPSA) is 55.5 Å². The molecule has 1 heterocycles. The number of hydrogen-bond acceptors (Lipinski definition) is 3. The van der Waals surface area contributed by atoms with E-state index in [2.05, 4.69) is 0 Å². The summed E-state index contributed by atoms with van der Waals surface area (Å²) in [7, 11) is 0. The predicted octanol–water partition coefficient (Wildman–Crippen LogP) is 0.290. The number of hydrogen-bond donors (Lipinski definition) is 2. The lowest BCUT2D eigenvalue weighted by Crippen LogP contribution is -2.17. The smallest absolute Gasteiger partial charge is 0.129 e. The lowest BCUT2D eigenvalue weighted by Gasteiger charge is -2.16. The van der Waals surface area contributed by atoms with Gasteiger partial charge in [0.25, 0.3) is 0 Å². The van der Waals surface area contributed by atoms with E-state index in [-0.39, 0.29) is 18.6 Å². The highest BCUT2D eigenvalue weighted by molar-refractivity contribution is 5.30. The number of allylic oxidation sites excluding steroid dienone is 1. The summed E-state index contributed by atoms with van der Waals surface area (Å²) in [6.07, 6.45) is 7.63. The van der Waals surface area contributed by atoms with Gasteiger partial charge in [0.05, 0.1) is 0 Å². The van der Waals surface area contributed by atoms with Gasteiger partial charge >= 0.3 is 0 Å². The van der Waals surface area contributed by atoms with Crippen LogP contribution < -0.4 is 5.73 Å². The van der Waals surface area contributed by atoms with Crippen molar-refractivity contribution in [2.24, 2.45) is 11.7 Å². The molecular weight excluding hydrogens is 154 g/mol. The zero-order valence-electron chi connectivity index (χ0n) is 6.60. The Morgan fingerprint density at radius 1 is 1.50 bits per heavy atom. The molecule has 0 radical (unpaired) electrons. The molecule has 0 spiro atoms. The third-order valence-corrected chi connectivity index (χ3v) is 2.07. The van der Waals surface area contributed by atoms with Crippen molar-refractivity contribution in [2.45, 2.75) is 6.10 Å². The van der Waals surface area contributed by atoms with Crippen molar-refractivity contribution in [3.63, 3.8) is 0 Å². The lowest BCUT2D eigenvalue weighted by molar-refractivity contribution is 0.130. The number of rotatable bonds is 1. The van der Waals surface area contributed by atoms with Crippen LogP contribution in [0.2, 0.25) is 0 Å². The van der Waals surface area contributed by atoms with E-state index in [0.717, 1.165) is 5.70 Å². The lowest BCUT2D eigenvalue weighted by atomic mass is 9.98. The average molecular weight is 165 g/mol. The normalized spacial score (nSPS) is 32.1. The van der Waals surface area contributed by atoms with Gasteiger partial charge in [-0.2, -0.15) is 0 Å². The van der Waals surface area contributed by atoms with Crippen LogP contribution in [0.1, 0.15) is 0 Å². The molecule has 3 N–H and O–H groups in total. The maximum atomic E-state index is 8.81. The molecule has 12 heavy (non-hydrogen) atoms. The molecule has 2 aliphatic rings. The Labute approximate surface area is 70.8 Å². The molecule has 0 saturated heterocycles. The van der Waals surface area contributed by atoms with Crippen LogP contribution in [0.15, 0.2) is 35.8 Å². The second kappa shape index (κ2) is 2.68. The van der Waals surface area contributed by atoms with Gasteiger partial charge in [0, 0.05) is 11.6 Å². The highest BCUT2D eigenvalue weighted by Gasteiger charge is 2.26. The van der Waals surface area contributed by atoms with Crippen LogP contribution in [-0.2, 0) is 4.74 Å². The van der Waals surface area contributed by atoms with E-state index < -0.39 is 0 Å². The van der Waals surface area contributed by atoms with E-state index >= 15 is 0 Å². The fraction of sp³-hybridized carbons (Fsp3) is 0.333. The van der Waals surface area contributed by atoms with Crippen molar-refractivity contribution in [3.05, 3.63) is 35.8 Å². The largest absolute Gasteiger partial charge is 0.488 e. The highest BCUT2D eigenvalue weighted by Crippen LogP contribution is 2.28. The van der Waals surface area contributed by atoms with E-state index in [4.69, 9.17) is 15.6 Å². The van der Waals surface area contributed by atoms with Gasteiger partial charge in [-0.05, 0) is 18.2 Å². The zero-order chi connectivity index (χ0) is 8.55. The fourth-order valence-electron chi connectivity index (χ4n) is 1.47. The minimum atomic E-state index is -0.0332. The molecule has 64 valence electrons. The minimum Gasteiger partial charge on any atom is -0.488 e. The second-order valence-corrected chi connectivity index (χ2v) is 2.98. The zero-order valence-corrected chi connectivity index (χ0v) is 6.60. The van der Waals surface area contributed by atoms with Gasteiger partial charge in [0.1, 0.15) is 18.5 Å². The first-order valence-corrected chi connectivity index (χ1v) is 3.93. The van der Waals surface area contributed by atoms with Crippen molar-refractivity contribution in [2.75, 3.05) is 6.61 Å². The monoisotopic (exact) mass is 165 g/mol. The van der Waals surface area contributed by atoms with Crippen LogP contribution >= 0.6 is 0 Å². The Balaban J connectivity index is 2.18. The van der Waals surface area contributed by atoms with Gasteiger partial charge < -0.3 is 15.6 Å². The maximum Gasteiger partial charge on any atom is 0.129 e. The van der Waals surface area contributed by atoms with Crippen LogP contribution in [0.25, 0.3) is 0 Å². The van der Waals surface area contributed by atoms with E-state index in [1.807, 2.05) is 24.3 Å². The Kier molecular flexibility index (Phi) is 1.66. The van der Waals surface area contributed by atoms with Crippen LogP contribution in [0.5, 0.6) is 0 Å².